The van der Waals surface area contributed by atoms with Crippen molar-refractivity contribution in [3.8, 4) is 0 Å². The molecule has 0 atom stereocenters. The highest BCUT2D eigenvalue weighted by Crippen LogP contribution is 2.45. The minimum absolute atomic E-state index is 0.0619. The molecule has 0 spiro atoms. The summed E-state index contributed by atoms with van der Waals surface area (Å²) >= 11 is 0. The van der Waals surface area contributed by atoms with Gasteiger partial charge in [0.2, 0.25) is 0 Å². The van der Waals surface area contributed by atoms with E-state index in [4.69, 9.17) is 0 Å². The fourth-order valence-corrected chi connectivity index (χ4v) is 4.99. The number of aryl methyl sites for hydroxylation is 2. The molecule has 1 aromatic carbocycles. The quantitative estimate of drug-likeness (QED) is 0.354. The number of hydrogen-bond acceptors (Lipinski definition) is 1. The molecule has 0 saturated heterocycles. The molecule has 170 valence electrons. The molecule has 0 fully saturated rings. The Bertz CT molecular complexity index is 960. The van der Waals surface area contributed by atoms with Crippen LogP contribution in [0.25, 0.3) is 16.5 Å². The van der Waals surface area contributed by atoms with Crippen LogP contribution in [0.4, 0.5) is 14.5 Å². The summed E-state index contributed by atoms with van der Waals surface area (Å²) in [5.41, 5.74) is 5.39. The lowest BCUT2D eigenvalue weighted by Gasteiger charge is -2.26. The first kappa shape index (κ1) is 23.6. The van der Waals surface area contributed by atoms with Gasteiger partial charge >= 0.3 is 0 Å². The Labute approximate surface area is 186 Å². The Morgan fingerprint density at radius 1 is 1.00 bits per heavy atom. The highest BCUT2D eigenvalue weighted by Gasteiger charge is 2.35. The molecule has 2 heterocycles. The molecule has 0 aliphatic carbocycles. The minimum atomic E-state index is -2.92. The van der Waals surface area contributed by atoms with Crippen LogP contribution in [-0.4, -0.2) is 10.5 Å². The van der Waals surface area contributed by atoms with Gasteiger partial charge in [-0.3, -0.25) is 0 Å². The third-order valence-electron chi connectivity index (χ3n) is 6.53. The maximum absolute atomic E-state index is 14.6. The zero-order valence-corrected chi connectivity index (χ0v) is 19.7. The van der Waals surface area contributed by atoms with Crippen LogP contribution in [0.5, 0.6) is 0 Å². The van der Waals surface area contributed by atoms with Crippen molar-refractivity contribution in [3.63, 3.8) is 0 Å². The van der Waals surface area contributed by atoms with Gasteiger partial charge in [0.25, 0.3) is 5.92 Å². The molecular weight excluding hydrogens is 390 g/mol. The Morgan fingerprint density at radius 2 is 1.65 bits per heavy atom. The number of unbranched alkanes of at least 4 members (excludes halogenated alkanes) is 7. The smallest absolute Gasteiger partial charge is 0.271 e. The van der Waals surface area contributed by atoms with E-state index in [2.05, 4.69) is 43.3 Å². The molecule has 0 amide bonds. The molecule has 2 aromatic rings. The summed E-state index contributed by atoms with van der Waals surface area (Å²) in [5.74, 6) is -2.92. The van der Waals surface area contributed by atoms with Gasteiger partial charge in [0.05, 0.1) is 0 Å². The molecule has 1 aliphatic rings. The predicted octanol–water partition coefficient (Wildman–Crippen LogP) is 8.63. The number of halogens is 2. The number of fused-ring (bicyclic) bond motifs is 3. The van der Waals surface area contributed by atoms with Crippen LogP contribution in [0.1, 0.15) is 89.0 Å². The number of anilines is 1. The summed E-state index contributed by atoms with van der Waals surface area (Å²) in [6, 6.07) is 4.02. The first-order chi connectivity index (χ1) is 14.8. The summed E-state index contributed by atoms with van der Waals surface area (Å²) in [7, 11) is 0. The molecular formula is C27H38F2N2. The number of rotatable bonds is 11. The molecule has 31 heavy (non-hydrogen) atoms. The van der Waals surface area contributed by atoms with Crippen molar-refractivity contribution in [1.29, 1.82) is 0 Å². The van der Waals surface area contributed by atoms with E-state index < -0.39 is 5.92 Å². The van der Waals surface area contributed by atoms with Crippen LogP contribution in [0.15, 0.2) is 30.5 Å². The SMILES string of the molecule is C=C1C=C(C(C)(F)F)c2c(ccc3c2c(C)c(CC)n3CCCCCCCCCC)N1. The molecule has 0 bridgehead atoms. The fraction of sp³-hybridized carbons (Fsp3) is 0.556. The zero-order valence-electron chi connectivity index (χ0n) is 19.7. The second-order valence-electron chi connectivity index (χ2n) is 9.03. The molecule has 1 aromatic heterocycles. The van der Waals surface area contributed by atoms with Crippen LogP contribution >= 0.6 is 0 Å². The number of allylic oxidation sites excluding steroid dienone is 2. The highest BCUT2D eigenvalue weighted by molar-refractivity contribution is 6.04. The minimum Gasteiger partial charge on any atom is -0.355 e. The molecule has 1 aliphatic heterocycles. The topological polar surface area (TPSA) is 17.0 Å². The molecule has 4 heteroatoms. The summed E-state index contributed by atoms with van der Waals surface area (Å²) in [4.78, 5) is 0. The molecule has 0 radical (unpaired) electrons. The van der Waals surface area contributed by atoms with Gasteiger partial charge in [0, 0.05) is 52.6 Å². The van der Waals surface area contributed by atoms with Crippen molar-refractivity contribution in [2.75, 3.05) is 5.32 Å². The average Bonchev–Trinajstić information content (AvgIpc) is 2.99. The van der Waals surface area contributed by atoms with E-state index in [-0.39, 0.29) is 5.57 Å². The first-order valence-corrected chi connectivity index (χ1v) is 12.0. The number of hydrogen-bond donors (Lipinski definition) is 1. The third-order valence-corrected chi connectivity index (χ3v) is 6.53. The standard InChI is InChI=1S/C27H38F2N2/c1-6-8-9-10-11-12-13-14-17-31-23(7-2)20(4)25-24(31)16-15-22-26(25)21(27(5,28)29)18-19(3)30-22/h15-16,18,30H,3,6-14,17H2,1-2,4-5H3. The van der Waals surface area contributed by atoms with Crippen LogP contribution in [0.2, 0.25) is 0 Å². The van der Waals surface area contributed by atoms with Gasteiger partial charge in [-0.05, 0) is 43.5 Å². The molecule has 2 nitrogen and oxygen atoms in total. The normalized spacial score (nSPS) is 14.0. The molecule has 1 N–H and O–H groups in total. The summed E-state index contributed by atoms with van der Waals surface area (Å²) in [6.07, 6.45) is 12.7. The number of nitrogens with one attached hydrogen (secondary N) is 1. The Morgan fingerprint density at radius 3 is 2.26 bits per heavy atom. The number of aromatic nitrogens is 1. The van der Waals surface area contributed by atoms with Gasteiger partial charge in [-0.15, -0.1) is 0 Å². The number of alkyl halides is 2. The zero-order chi connectivity index (χ0) is 22.6. The van der Waals surface area contributed by atoms with E-state index in [1.807, 2.05) is 6.07 Å². The Kier molecular flexibility index (Phi) is 7.61. The Hall–Kier alpha value is -2.10. The predicted molar refractivity (Wildman–Crippen MR) is 130 cm³/mol. The van der Waals surface area contributed by atoms with E-state index in [1.54, 1.807) is 0 Å². The van der Waals surface area contributed by atoms with Gasteiger partial charge in [0.1, 0.15) is 0 Å². The second kappa shape index (κ2) is 10.0. The van der Waals surface area contributed by atoms with Crippen molar-refractivity contribution in [3.05, 3.63) is 47.3 Å². The van der Waals surface area contributed by atoms with Crippen molar-refractivity contribution >= 4 is 22.2 Å². The summed E-state index contributed by atoms with van der Waals surface area (Å²) < 4.78 is 31.5. The second-order valence-corrected chi connectivity index (χ2v) is 9.03. The van der Waals surface area contributed by atoms with Gasteiger partial charge < -0.3 is 9.88 Å². The average molecular weight is 429 g/mol. The van der Waals surface area contributed by atoms with E-state index in [0.29, 0.717) is 11.3 Å². The maximum atomic E-state index is 14.6. The fourth-order valence-electron chi connectivity index (χ4n) is 4.99. The highest BCUT2D eigenvalue weighted by atomic mass is 19.3. The lowest BCUT2D eigenvalue weighted by Crippen LogP contribution is -2.18. The summed E-state index contributed by atoms with van der Waals surface area (Å²) in [6.45, 7) is 12.3. The lowest BCUT2D eigenvalue weighted by molar-refractivity contribution is 0.0893. The Balaban J connectivity index is 1.88. The summed E-state index contributed by atoms with van der Waals surface area (Å²) in [5, 5.41) is 4.16. The molecule has 0 saturated carbocycles. The lowest BCUT2D eigenvalue weighted by atomic mass is 9.90. The largest absolute Gasteiger partial charge is 0.355 e. The van der Waals surface area contributed by atoms with Gasteiger partial charge in [-0.1, -0.05) is 65.4 Å². The molecule has 0 unspecified atom stereocenters. The van der Waals surface area contributed by atoms with Crippen LogP contribution in [0.3, 0.4) is 0 Å². The van der Waals surface area contributed by atoms with E-state index in [0.717, 1.165) is 48.5 Å². The van der Waals surface area contributed by atoms with E-state index >= 15 is 0 Å². The van der Waals surface area contributed by atoms with Gasteiger partial charge in [-0.25, -0.2) is 8.78 Å². The first-order valence-electron chi connectivity index (χ1n) is 12.0. The number of benzene rings is 1. The van der Waals surface area contributed by atoms with Gasteiger partial charge in [0.15, 0.2) is 0 Å². The van der Waals surface area contributed by atoms with E-state index in [9.17, 15) is 8.78 Å². The van der Waals surface area contributed by atoms with Crippen molar-refractivity contribution in [2.24, 2.45) is 0 Å². The monoisotopic (exact) mass is 428 g/mol. The number of nitrogens with zero attached hydrogens (tertiary/aromatic N) is 1. The maximum Gasteiger partial charge on any atom is 0.271 e. The van der Waals surface area contributed by atoms with Crippen molar-refractivity contribution < 1.29 is 8.78 Å². The van der Waals surface area contributed by atoms with Gasteiger partial charge in [-0.2, -0.15) is 0 Å². The van der Waals surface area contributed by atoms with Crippen molar-refractivity contribution in [2.45, 2.75) is 97.9 Å². The van der Waals surface area contributed by atoms with Crippen LogP contribution < -0.4 is 5.32 Å². The van der Waals surface area contributed by atoms with E-state index in [1.165, 1.54) is 56.7 Å². The van der Waals surface area contributed by atoms with Crippen LogP contribution in [-0.2, 0) is 13.0 Å². The third kappa shape index (κ3) is 5.05. The van der Waals surface area contributed by atoms with Crippen molar-refractivity contribution in [1.82, 2.24) is 4.57 Å². The molecule has 3 rings (SSSR count). The van der Waals surface area contributed by atoms with Crippen LogP contribution in [0, 0.1) is 6.92 Å².